The molecule has 0 bridgehead atoms. The summed E-state index contributed by atoms with van der Waals surface area (Å²) in [7, 11) is 0. The number of anilines is 1. The molecule has 1 aromatic heterocycles. The van der Waals surface area contributed by atoms with Crippen LogP contribution in [-0.2, 0) is 17.8 Å². The zero-order chi connectivity index (χ0) is 17.9. The summed E-state index contributed by atoms with van der Waals surface area (Å²) < 4.78 is 7.67. The minimum Gasteiger partial charge on any atom is -0.376 e. The molecule has 140 valence electrons. The Hall–Kier alpha value is -1.99. The summed E-state index contributed by atoms with van der Waals surface area (Å²) in [6.45, 7) is 11.3. The van der Waals surface area contributed by atoms with Gasteiger partial charge < -0.3 is 14.5 Å². The number of hydrogen-bond donors (Lipinski definition) is 1. The number of ether oxygens (including phenoxy) is 1. The van der Waals surface area contributed by atoms with E-state index in [0.717, 1.165) is 64.5 Å². The van der Waals surface area contributed by atoms with Crippen molar-refractivity contribution in [2.75, 3.05) is 37.7 Å². The van der Waals surface area contributed by atoms with Gasteiger partial charge >= 0.3 is 0 Å². The zero-order valence-corrected chi connectivity index (χ0v) is 15.8. The van der Waals surface area contributed by atoms with Crippen molar-refractivity contribution in [3.05, 3.63) is 35.2 Å². The molecular formula is C19H29N6O+. The van der Waals surface area contributed by atoms with E-state index in [1.54, 1.807) is 4.90 Å². The Balaban J connectivity index is 1.34. The van der Waals surface area contributed by atoms with Crippen LogP contribution in [0, 0.1) is 13.8 Å². The number of benzene rings is 1. The van der Waals surface area contributed by atoms with Crippen molar-refractivity contribution < 1.29 is 9.64 Å². The van der Waals surface area contributed by atoms with Gasteiger partial charge in [-0.05, 0) is 54.3 Å². The number of nitrogens with zero attached hydrogens (tertiary/aromatic N) is 5. The molecule has 1 N–H and O–H groups in total. The molecule has 2 saturated heterocycles. The Bertz CT molecular complexity index is 731. The maximum Gasteiger partial charge on any atom is 0.206 e. The van der Waals surface area contributed by atoms with Crippen LogP contribution in [0.5, 0.6) is 0 Å². The van der Waals surface area contributed by atoms with Crippen molar-refractivity contribution in [3.8, 4) is 0 Å². The van der Waals surface area contributed by atoms with Crippen molar-refractivity contribution in [1.29, 1.82) is 0 Å². The lowest BCUT2D eigenvalue weighted by Crippen LogP contribution is -3.13. The quantitative estimate of drug-likeness (QED) is 0.838. The number of nitrogens with one attached hydrogen (secondary N) is 1. The van der Waals surface area contributed by atoms with Gasteiger partial charge in [0.25, 0.3) is 0 Å². The third-order valence-electron chi connectivity index (χ3n) is 5.80. The predicted molar refractivity (Wildman–Crippen MR) is 99.3 cm³/mol. The van der Waals surface area contributed by atoms with Gasteiger partial charge in [-0.15, -0.1) is 5.10 Å². The molecule has 0 amide bonds. The first-order valence-electron chi connectivity index (χ1n) is 9.72. The predicted octanol–water partition coefficient (Wildman–Crippen LogP) is 0.374. The van der Waals surface area contributed by atoms with Crippen LogP contribution in [0.1, 0.15) is 29.8 Å². The molecule has 4 rings (SSSR count). The first-order valence-corrected chi connectivity index (χ1v) is 9.72. The van der Waals surface area contributed by atoms with Crippen LogP contribution in [0.3, 0.4) is 0 Å². The van der Waals surface area contributed by atoms with E-state index in [0.29, 0.717) is 0 Å². The van der Waals surface area contributed by atoms with Crippen LogP contribution in [-0.4, -0.2) is 59.1 Å². The Morgan fingerprint density at radius 1 is 1.23 bits per heavy atom. The van der Waals surface area contributed by atoms with E-state index in [4.69, 9.17) is 4.74 Å². The molecule has 2 aliphatic heterocycles. The molecule has 0 spiro atoms. The highest BCUT2D eigenvalue weighted by molar-refractivity contribution is 5.56. The van der Waals surface area contributed by atoms with Crippen LogP contribution >= 0.6 is 0 Å². The molecule has 2 aliphatic rings. The number of aromatic nitrogens is 4. The van der Waals surface area contributed by atoms with E-state index in [1.807, 2.05) is 4.68 Å². The first kappa shape index (κ1) is 17.4. The van der Waals surface area contributed by atoms with Gasteiger partial charge in [-0.3, -0.25) is 0 Å². The normalized spacial score (nSPS) is 21.5. The highest BCUT2D eigenvalue weighted by Gasteiger charge is 2.25. The van der Waals surface area contributed by atoms with E-state index < -0.39 is 0 Å². The zero-order valence-electron chi connectivity index (χ0n) is 15.8. The molecule has 3 heterocycles. The SMILES string of the molecule is Cc1cccc(N2CC[NH+](Cc3nnnn3C[C@@H]3CCCO3)CC2)c1C. The van der Waals surface area contributed by atoms with Crippen LogP contribution in [0.15, 0.2) is 18.2 Å². The monoisotopic (exact) mass is 357 g/mol. The molecule has 0 saturated carbocycles. The van der Waals surface area contributed by atoms with Crippen molar-refractivity contribution in [3.63, 3.8) is 0 Å². The van der Waals surface area contributed by atoms with Crippen molar-refractivity contribution in [2.24, 2.45) is 0 Å². The molecule has 0 aliphatic carbocycles. The largest absolute Gasteiger partial charge is 0.376 e. The first-order chi connectivity index (χ1) is 12.7. The van der Waals surface area contributed by atoms with E-state index in [2.05, 4.69) is 52.5 Å². The molecule has 7 heteroatoms. The molecule has 0 unspecified atom stereocenters. The van der Waals surface area contributed by atoms with Gasteiger partial charge in [0, 0.05) is 12.3 Å². The minimum absolute atomic E-state index is 0.272. The van der Waals surface area contributed by atoms with E-state index in [9.17, 15) is 0 Å². The van der Waals surface area contributed by atoms with Gasteiger partial charge in [-0.25, -0.2) is 4.68 Å². The average molecular weight is 357 g/mol. The molecule has 7 nitrogen and oxygen atoms in total. The minimum atomic E-state index is 0.272. The summed E-state index contributed by atoms with van der Waals surface area (Å²) in [6.07, 6.45) is 2.53. The maximum absolute atomic E-state index is 5.73. The Kier molecular flexibility index (Phi) is 5.17. The van der Waals surface area contributed by atoms with Gasteiger partial charge in [0.2, 0.25) is 5.82 Å². The van der Waals surface area contributed by atoms with Crippen molar-refractivity contribution in [2.45, 2.75) is 45.9 Å². The van der Waals surface area contributed by atoms with Gasteiger partial charge in [0.05, 0.1) is 38.8 Å². The molecular weight excluding hydrogens is 328 g/mol. The molecule has 2 fully saturated rings. The summed E-state index contributed by atoms with van der Waals surface area (Å²) in [6, 6.07) is 6.60. The lowest BCUT2D eigenvalue weighted by molar-refractivity contribution is -0.915. The summed E-state index contributed by atoms with van der Waals surface area (Å²) >= 11 is 0. The number of tetrazole rings is 1. The number of quaternary nitrogens is 1. The molecule has 1 aromatic carbocycles. The fraction of sp³-hybridized carbons (Fsp3) is 0.632. The third-order valence-corrected chi connectivity index (χ3v) is 5.80. The summed E-state index contributed by atoms with van der Waals surface area (Å²) in [5.74, 6) is 0.982. The van der Waals surface area contributed by atoms with Crippen LogP contribution < -0.4 is 9.80 Å². The second-order valence-electron chi connectivity index (χ2n) is 7.55. The third kappa shape index (κ3) is 3.73. The number of aryl methyl sites for hydroxylation is 1. The van der Waals surface area contributed by atoms with Crippen molar-refractivity contribution >= 4 is 5.69 Å². The topological polar surface area (TPSA) is 60.5 Å². The maximum atomic E-state index is 5.73. The van der Waals surface area contributed by atoms with E-state index in [1.165, 1.54) is 16.8 Å². The Morgan fingerprint density at radius 2 is 2.08 bits per heavy atom. The number of piperazine rings is 1. The standard InChI is InChI=1S/C19H28N6O/c1-15-5-3-7-18(16(15)2)24-10-8-23(9-11-24)14-19-20-21-22-25(19)13-17-6-4-12-26-17/h3,5,7,17H,4,6,8-14H2,1-2H3/p+1/t17-/m0/s1. The van der Waals surface area contributed by atoms with Gasteiger partial charge in [-0.2, -0.15) is 0 Å². The van der Waals surface area contributed by atoms with Crippen LogP contribution in [0.2, 0.25) is 0 Å². The second-order valence-corrected chi connectivity index (χ2v) is 7.55. The van der Waals surface area contributed by atoms with Crippen molar-refractivity contribution in [1.82, 2.24) is 20.2 Å². The van der Waals surface area contributed by atoms with Gasteiger partial charge in [0.1, 0.15) is 6.54 Å². The average Bonchev–Trinajstić information content (AvgIpc) is 3.31. The Morgan fingerprint density at radius 3 is 2.85 bits per heavy atom. The molecule has 2 aromatic rings. The summed E-state index contributed by atoms with van der Waals surface area (Å²) in [4.78, 5) is 4.07. The van der Waals surface area contributed by atoms with E-state index in [-0.39, 0.29) is 6.10 Å². The fourth-order valence-corrected chi connectivity index (χ4v) is 4.02. The lowest BCUT2D eigenvalue weighted by atomic mass is 10.1. The Labute approximate surface area is 154 Å². The molecule has 0 radical (unpaired) electrons. The fourth-order valence-electron chi connectivity index (χ4n) is 4.02. The second kappa shape index (κ2) is 7.72. The van der Waals surface area contributed by atoms with Crippen LogP contribution in [0.25, 0.3) is 0 Å². The van der Waals surface area contributed by atoms with Crippen LogP contribution in [0.4, 0.5) is 5.69 Å². The van der Waals surface area contributed by atoms with E-state index >= 15 is 0 Å². The number of hydrogen-bond acceptors (Lipinski definition) is 5. The highest BCUT2D eigenvalue weighted by atomic mass is 16.5. The lowest BCUT2D eigenvalue weighted by Gasteiger charge is -2.34. The van der Waals surface area contributed by atoms with Gasteiger partial charge in [0.15, 0.2) is 0 Å². The van der Waals surface area contributed by atoms with Gasteiger partial charge in [-0.1, -0.05) is 12.1 Å². The summed E-state index contributed by atoms with van der Waals surface area (Å²) in [5, 5.41) is 12.3. The summed E-state index contributed by atoms with van der Waals surface area (Å²) in [5.41, 5.74) is 4.15. The molecule has 1 atom stereocenters. The number of rotatable bonds is 5. The smallest absolute Gasteiger partial charge is 0.206 e. The highest BCUT2D eigenvalue weighted by Crippen LogP contribution is 2.22. The molecule has 26 heavy (non-hydrogen) atoms.